The fourth-order valence-corrected chi connectivity index (χ4v) is 3.57. The van der Waals surface area contributed by atoms with Crippen molar-refractivity contribution >= 4 is 35.2 Å². The van der Waals surface area contributed by atoms with E-state index in [0.29, 0.717) is 18.1 Å². The first-order valence-corrected chi connectivity index (χ1v) is 10.9. The van der Waals surface area contributed by atoms with Gasteiger partial charge in [-0.2, -0.15) is 0 Å². The van der Waals surface area contributed by atoms with Crippen molar-refractivity contribution in [1.82, 2.24) is 10.2 Å². The van der Waals surface area contributed by atoms with Crippen molar-refractivity contribution < 1.29 is 9.59 Å². The van der Waals surface area contributed by atoms with Crippen LogP contribution >= 0.6 is 23.4 Å². The van der Waals surface area contributed by atoms with Crippen LogP contribution in [-0.4, -0.2) is 35.1 Å². The smallest absolute Gasteiger partial charge is 0.242 e. The van der Waals surface area contributed by atoms with Crippen molar-refractivity contribution in [1.29, 1.82) is 0 Å². The highest BCUT2D eigenvalue weighted by Gasteiger charge is 2.25. The zero-order valence-electron chi connectivity index (χ0n) is 16.4. The van der Waals surface area contributed by atoms with Crippen LogP contribution in [0.15, 0.2) is 59.5 Å². The Kier molecular flexibility index (Phi) is 9.38. The summed E-state index contributed by atoms with van der Waals surface area (Å²) >= 11 is 7.36. The first-order valence-electron chi connectivity index (χ1n) is 9.50. The standard InChI is InChI=1S/C22H27ClN2O2S/c1-3-4-14-24-22(27)17(2)25(15-18-8-6-5-7-9-18)21(26)16-28-20-12-10-19(23)11-13-20/h5-13,17H,3-4,14-16H2,1-2H3,(H,24,27). The molecule has 2 amide bonds. The molecule has 0 bridgehead atoms. The van der Waals surface area contributed by atoms with Gasteiger partial charge in [-0.1, -0.05) is 55.3 Å². The predicted molar refractivity (Wildman–Crippen MR) is 117 cm³/mol. The minimum Gasteiger partial charge on any atom is -0.354 e. The molecule has 0 aromatic heterocycles. The third-order valence-corrected chi connectivity index (χ3v) is 5.62. The van der Waals surface area contributed by atoms with Gasteiger partial charge in [0.1, 0.15) is 6.04 Å². The molecule has 2 aromatic rings. The highest BCUT2D eigenvalue weighted by molar-refractivity contribution is 8.00. The Balaban J connectivity index is 2.06. The molecule has 150 valence electrons. The Hall–Kier alpha value is -1.98. The van der Waals surface area contributed by atoms with Gasteiger partial charge in [-0.15, -0.1) is 11.8 Å². The summed E-state index contributed by atoms with van der Waals surface area (Å²) < 4.78 is 0. The average molecular weight is 419 g/mol. The maximum Gasteiger partial charge on any atom is 0.242 e. The molecule has 0 saturated carbocycles. The zero-order chi connectivity index (χ0) is 20.4. The number of hydrogen-bond donors (Lipinski definition) is 1. The summed E-state index contributed by atoms with van der Waals surface area (Å²) in [4.78, 5) is 28.1. The highest BCUT2D eigenvalue weighted by Crippen LogP contribution is 2.21. The van der Waals surface area contributed by atoms with Gasteiger partial charge in [0.25, 0.3) is 0 Å². The van der Waals surface area contributed by atoms with E-state index in [9.17, 15) is 9.59 Å². The molecule has 2 aromatic carbocycles. The van der Waals surface area contributed by atoms with Gasteiger partial charge >= 0.3 is 0 Å². The fourth-order valence-electron chi connectivity index (χ4n) is 2.66. The number of halogens is 1. The quantitative estimate of drug-likeness (QED) is 0.446. The number of nitrogens with one attached hydrogen (secondary N) is 1. The third kappa shape index (κ3) is 7.21. The fraction of sp³-hybridized carbons (Fsp3) is 0.364. The van der Waals surface area contributed by atoms with E-state index in [-0.39, 0.29) is 17.6 Å². The molecule has 4 nitrogen and oxygen atoms in total. The van der Waals surface area contributed by atoms with Crippen LogP contribution in [0.1, 0.15) is 32.3 Å². The van der Waals surface area contributed by atoms with Crippen molar-refractivity contribution in [3.8, 4) is 0 Å². The molecular formula is C22H27ClN2O2S. The second kappa shape index (κ2) is 11.8. The van der Waals surface area contributed by atoms with Crippen LogP contribution in [0.2, 0.25) is 5.02 Å². The lowest BCUT2D eigenvalue weighted by Gasteiger charge is -2.28. The van der Waals surface area contributed by atoms with Gasteiger partial charge in [-0.25, -0.2) is 0 Å². The Labute approximate surface area is 176 Å². The van der Waals surface area contributed by atoms with Gasteiger partial charge in [0, 0.05) is 23.0 Å². The topological polar surface area (TPSA) is 49.4 Å². The molecule has 0 fully saturated rings. The number of nitrogens with zero attached hydrogens (tertiary/aromatic N) is 1. The van der Waals surface area contributed by atoms with E-state index in [2.05, 4.69) is 12.2 Å². The van der Waals surface area contributed by atoms with Crippen LogP contribution in [-0.2, 0) is 16.1 Å². The summed E-state index contributed by atoms with van der Waals surface area (Å²) in [5, 5.41) is 3.60. The Bertz CT molecular complexity index is 753. The van der Waals surface area contributed by atoms with Crippen molar-refractivity contribution in [2.75, 3.05) is 12.3 Å². The number of thioether (sulfide) groups is 1. The van der Waals surface area contributed by atoms with E-state index >= 15 is 0 Å². The van der Waals surface area contributed by atoms with E-state index in [1.165, 1.54) is 11.8 Å². The molecule has 0 heterocycles. The van der Waals surface area contributed by atoms with Gasteiger partial charge < -0.3 is 10.2 Å². The number of rotatable bonds is 10. The van der Waals surface area contributed by atoms with E-state index < -0.39 is 6.04 Å². The molecule has 6 heteroatoms. The number of unbranched alkanes of at least 4 members (excludes halogenated alkanes) is 1. The number of amides is 2. The monoisotopic (exact) mass is 418 g/mol. The van der Waals surface area contributed by atoms with Crippen molar-refractivity contribution in [2.24, 2.45) is 0 Å². The summed E-state index contributed by atoms with van der Waals surface area (Å²) in [5.41, 5.74) is 1.00. The van der Waals surface area contributed by atoms with Crippen LogP contribution < -0.4 is 5.32 Å². The molecule has 0 aliphatic heterocycles. The molecule has 2 rings (SSSR count). The Morgan fingerprint density at radius 1 is 1.11 bits per heavy atom. The van der Waals surface area contributed by atoms with E-state index in [0.717, 1.165) is 23.3 Å². The van der Waals surface area contributed by atoms with E-state index in [1.54, 1.807) is 24.0 Å². The van der Waals surface area contributed by atoms with Gasteiger partial charge in [0.2, 0.25) is 11.8 Å². The first kappa shape index (κ1) is 22.3. The van der Waals surface area contributed by atoms with Crippen LogP contribution in [0, 0.1) is 0 Å². The summed E-state index contributed by atoms with van der Waals surface area (Å²) in [6.45, 7) is 4.90. The lowest BCUT2D eigenvalue weighted by molar-refractivity contribution is -0.138. The van der Waals surface area contributed by atoms with Crippen molar-refractivity contribution in [3.05, 3.63) is 65.2 Å². The minimum atomic E-state index is -0.532. The zero-order valence-corrected chi connectivity index (χ0v) is 17.9. The van der Waals surface area contributed by atoms with Gasteiger partial charge in [0.05, 0.1) is 5.75 Å². The normalized spacial score (nSPS) is 11.7. The van der Waals surface area contributed by atoms with E-state index in [1.807, 2.05) is 42.5 Å². The number of hydrogen-bond acceptors (Lipinski definition) is 3. The summed E-state index contributed by atoms with van der Waals surface area (Å²) in [6, 6.07) is 16.6. The van der Waals surface area contributed by atoms with Crippen LogP contribution in [0.5, 0.6) is 0 Å². The predicted octanol–water partition coefficient (Wildman–Crippen LogP) is 4.77. The highest BCUT2D eigenvalue weighted by atomic mass is 35.5. The molecule has 1 atom stereocenters. The van der Waals surface area contributed by atoms with Gasteiger partial charge in [0.15, 0.2) is 0 Å². The molecule has 0 aliphatic carbocycles. The molecule has 1 N–H and O–H groups in total. The van der Waals surface area contributed by atoms with E-state index in [4.69, 9.17) is 11.6 Å². The third-order valence-electron chi connectivity index (χ3n) is 4.37. The summed E-state index contributed by atoms with van der Waals surface area (Å²) in [5.74, 6) is 0.0808. The maximum absolute atomic E-state index is 13.0. The van der Waals surface area contributed by atoms with Crippen LogP contribution in [0.3, 0.4) is 0 Å². The molecular weight excluding hydrogens is 392 g/mol. The Morgan fingerprint density at radius 3 is 2.43 bits per heavy atom. The second-order valence-corrected chi connectivity index (χ2v) is 8.06. The van der Waals surface area contributed by atoms with Crippen LogP contribution in [0.25, 0.3) is 0 Å². The first-order chi connectivity index (χ1) is 13.5. The SMILES string of the molecule is CCCCNC(=O)C(C)N(Cc1ccccc1)C(=O)CSc1ccc(Cl)cc1. The van der Waals surface area contributed by atoms with Crippen molar-refractivity contribution in [3.63, 3.8) is 0 Å². The molecule has 28 heavy (non-hydrogen) atoms. The molecule has 0 saturated heterocycles. The number of carbonyl (C=O) groups is 2. The molecule has 0 spiro atoms. The van der Waals surface area contributed by atoms with Gasteiger partial charge in [-0.05, 0) is 43.2 Å². The minimum absolute atomic E-state index is 0.0676. The summed E-state index contributed by atoms with van der Waals surface area (Å²) in [6.07, 6.45) is 1.94. The Morgan fingerprint density at radius 2 is 1.79 bits per heavy atom. The second-order valence-electron chi connectivity index (χ2n) is 6.57. The average Bonchev–Trinajstić information content (AvgIpc) is 2.71. The molecule has 1 unspecified atom stereocenters. The lowest BCUT2D eigenvalue weighted by Crippen LogP contribution is -2.48. The summed E-state index contributed by atoms with van der Waals surface area (Å²) in [7, 11) is 0. The van der Waals surface area contributed by atoms with Gasteiger partial charge in [-0.3, -0.25) is 9.59 Å². The van der Waals surface area contributed by atoms with Crippen LogP contribution in [0.4, 0.5) is 0 Å². The molecule has 0 aliphatic rings. The largest absolute Gasteiger partial charge is 0.354 e. The number of carbonyl (C=O) groups excluding carboxylic acids is 2. The molecule has 0 radical (unpaired) electrons. The lowest BCUT2D eigenvalue weighted by atomic mass is 10.1. The van der Waals surface area contributed by atoms with Crippen molar-refractivity contribution in [2.45, 2.75) is 44.2 Å². The maximum atomic E-state index is 13.0. The number of benzene rings is 2.